The molecule has 0 fully saturated rings. The third-order valence-electron chi connectivity index (χ3n) is 0.498. The smallest absolute Gasteiger partial charge is 0.363 e. The number of halogens is 3. The second-order valence-corrected chi connectivity index (χ2v) is 3.87. The van der Waals surface area contributed by atoms with Gasteiger partial charge in [0.15, 0.2) is 0 Å². The molecule has 0 rings (SSSR count). The van der Waals surface area contributed by atoms with E-state index < -0.39 is 9.76 Å². The Morgan fingerprint density at radius 2 is 1.90 bits per heavy atom. The lowest BCUT2D eigenvalue weighted by Gasteiger charge is -2.08. The molecule has 0 radical (unpaired) electrons. The number of hydrogen-bond acceptors (Lipinski definition) is 2. The molecule has 5 heteroatoms. The molecule has 0 aliphatic rings. The van der Waals surface area contributed by atoms with Crippen LogP contribution in [0, 0.1) is 0 Å². The van der Waals surface area contributed by atoms with E-state index in [1.807, 2.05) is 0 Å². The highest BCUT2D eigenvalue weighted by molar-refractivity contribution is 6.75. The number of alkyl halides is 3. The first-order chi connectivity index (χ1) is 4.34. The van der Waals surface area contributed by atoms with Gasteiger partial charge in [0.25, 0.3) is 3.79 Å². The third-order valence-corrected chi connectivity index (χ3v) is 0.961. The molecule has 2 nitrogen and oxygen atoms in total. The Morgan fingerprint density at radius 1 is 1.50 bits per heavy atom. The van der Waals surface area contributed by atoms with Crippen LogP contribution in [0.25, 0.3) is 0 Å². The van der Waals surface area contributed by atoms with E-state index in [4.69, 9.17) is 34.8 Å². The van der Waals surface area contributed by atoms with Gasteiger partial charge in [-0.25, -0.2) is 4.79 Å². The number of esters is 1. The van der Waals surface area contributed by atoms with Gasteiger partial charge < -0.3 is 4.74 Å². The second kappa shape index (κ2) is 3.46. The van der Waals surface area contributed by atoms with Crippen molar-refractivity contribution in [2.75, 3.05) is 0 Å². The van der Waals surface area contributed by atoms with Crippen molar-refractivity contribution in [1.29, 1.82) is 0 Å². The van der Waals surface area contributed by atoms with Crippen molar-refractivity contribution in [3.05, 3.63) is 12.3 Å². The summed E-state index contributed by atoms with van der Waals surface area (Å²) >= 11 is 15.4. The van der Waals surface area contributed by atoms with Gasteiger partial charge in [-0.2, -0.15) is 0 Å². The summed E-state index contributed by atoms with van der Waals surface area (Å²) in [5, 5.41) is 0. The summed E-state index contributed by atoms with van der Waals surface area (Å²) in [6.45, 7) is 4.77. The Bertz CT molecular complexity index is 159. The van der Waals surface area contributed by atoms with Crippen molar-refractivity contribution in [3.63, 3.8) is 0 Å². The molecular formula is C5H5Cl3O2. The molecule has 0 saturated heterocycles. The molecule has 0 amide bonds. The van der Waals surface area contributed by atoms with Crippen LogP contribution < -0.4 is 0 Å². The average molecular weight is 203 g/mol. The lowest BCUT2D eigenvalue weighted by atomic mass is 10.6. The highest BCUT2D eigenvalue weighted by Gasteiger charge is 2.32. The molecule has 0 aromatic heterocycles. The Hall–Kier alpha value is 0.0800. The predicted octanol–water partition coefficient (Wildman–Crippen LogP) is 2.43. The average Bonchev–Trinajstić information content (AvgIpc) is 1.60. The molecule has 0 unspecified atom stereocenters. The SMILES string of the molecule is C=C(C)OC(=O)C(Cl)(Cl)Cl. The summed E-state index contributed by atoms with van der Waals surface area (Å²) in [4.78, 5) is 10.6. The highest BCUT2D eigenvalue weighted by Crippen LogP contribution is 2.27. The van der Waals surface area contributed by atoms with Crippen molar-refractivity contribution in [2.45, 2.75) is 10.7 Å². The van der Waals surface area contributed by atoms with Crippen molar-refractivity contribution in [2.24, 2.45) is 0 Å². The molecule has 0 saturated carbocycles. The fourth-order valence-corrected chi connectivity index (χ4v) is 0.332. The Balaban J connectivity index is 3.99. The molecular weight excluding hydrogens is 198 g/mol. The minimum absolute atomic E-state index is 0.191. The van der Waals surface area contributed by atoms with Crippen LogP contribution in [0.4, 0.5) is 0 Å². The number of carbonyl (C=O) groups is 1. The van der Waals surface area contributed by atoms with Crippen LogP contribution in [-0.4, -0.2) is 9.76 Å². The molecule has 0 aromatic rings. The van der Waals surface area contributed by atoms with E-state index in [2.05, 4.69) is 11.3 Å². The third kappa shape index (κ3) is 3.99. The summed E-state index contributed by atoms with van der Waals surface area (Å²) in [6.07, 6.45) is 0. The van der Waals surface area contributed by atoms with Crippen molar-refractivity contribution < 1.29 is 9.53 Å². The number of ether oxygens (including phenoxy) is 1. The first-order valence-corrected chi connectivity index (χ1v) is 3.42. The largest absolute Gasteiger partial charge is 0.429 e. The van der Waals surface area contributed by atoms with Crippen LogP contribution >= 0.6 is 34.8 Å². The maximum Gasteiger partial charge on any atom is 0.363 e. The zero-order chi connectivity index (χ0) is 8.36. The van der Waals surface area contributed by atoms with E-state index in [1.165, 1.54) is 6.92 Å². The second-order valence-electron chi connectivity index (χ2n) is 1.59. The van der Waals surface area contributed by atoms with Gasteiger partial charge in [0.1, 0.15) is 0 Å². The molecule has 0 aliphatic carbocycles. The van der Waals surface area contributed by atoms with Gasteiger partial charge in [-0.05, 0) is 6.92 Å². The minimum atomic E-state index is -2.01. The van der Waals surface area contributed by atoms with Gasteiger partial charge in [-0.15, -0.1) is 0 Å². The van der Waals surface area contributed by atoms with E-state index in [0.717, 1.165) is 0 Å². The van der Waals surface area contributed by atoms with Crippen molar-refractivity contribution >= 4 is 40.8 Å². The Morgan fingerprint density at radius 3 is 2.00 bits per heavy atom. The fourth-order valence-electron chi connectivity index (χ4n) is 0.216. The number of hydrogen-bond donors (Lipinski definition) is 0. The molecule has 10 heavy (non-hydrogen) atoms. The quantitative estimate of drug-likeness (QED) is 0.372. The monoisotopic (exact) mass is 202 g/mol. The highest BCUT2D eigenvalue weighted by atomic mass is 35.6. The van der Waals surface area contributed by atoms with Crippen molar-refractivity contribution in [1.82, 2.24) is 0 Å². The van der Waals surface area contributed by atoms with Crippen LogP contribution in [-0.2, 0) is 9.53 Å². The standard InChI is InChI=1S/C5H5Cl3O2/c1-3(2)10-4(9)5(6,7)8/h1H2,2H3. The first-order valence-electron chi connectivity index (χ1n) is 2.28. The van der Waals surface area contributed by atoms with Gasteiger partial charge in [0.2, 0.25) is 0 Å². The topological polar surface area (TPSA) is 26.3 Å². The van der Waals surface area contributed by atoms with E-state index >= 15 is 0 Å². The van der Waals surface area contributed by atoms with E-state index in [1.54, 1.807) is 0 Å². The zero-order valence-corrected chi connectivity index (χ0v) is 7.43. The van der Waals surface area contributed by atoms with Crippen molar-refractivity contribution in [3.8, 4) is 0 Å². The fraction of sp³-hybridized carbons (Fsp3) is 0.400. The van der Waals surface area contributed by atoms with Crippen LogP contribution in [0.1, 0.15) is 6.92 Å². The maximum absolute atomic E-state index is 10.6. The summed E-state index contributed by atoms with van der Waals surface area (Å²) in [7, 11) is 0. The summed E-state index contributed by atoms with van der Waals surface area (Å²) < 4.78 is 2.37. The molecule has 0 aliphatic heterocycles. The molecule has 58 valence electrons. The minimum Gasteiger partial charge on any atom is -0.429 e. The molecule has 0 spiro atoms. The lowest BCUT2D eigenvalue weighted by molar-refractivity contribution is -0.138. The Kier molecular flexibility index (Phi) is 3.49. The summed E-state index contributed by atoms with van der Waals surface area (Å²) in [5.41, 5.74) is 0. The van der Waals surface area contributed by atoms with Crippen LogP contribution in [0.15, 0.2) is 12.3 Å². The maximum atomic E-state index is 10.6. The Labute approximate surface area is 73.7 Å². The van der Waals surface area contributed by atoms with Gasteiger partial charge in [-0.3, -0.25) is 0 Å². The molecule has 0 N–H and O–H groups in total. The number of rotatable bonds is 1. The van der Waals surface area contributed by atoms with Gasteiger partial charge >= 0.3 is 5.97 Å². The predicted molar refractivity (Wildman–Crippen MR) is 41.2 cm³/mol. The van der Waals surface area contributed by atoms with E-state index in [0.29, 0.717) is 0 Å². The van der Waals surface area contributed by atoms with Gasteiger partial charge in [0, 0.05) is 0 Å². The van der Waals surface area contributed by atoms with Crippen LogP contribution in [0.5, 0.6) is 0 Å². The number of carbonyl (C=O) groups excluding carboxylic acids is 1. The normalized spacial score (nSPS) is 10.8. The van der Waals surface area contributed by atoms with E-state index in [-0.39, 0.29) is 5.76 Å². The van der Waals surface area contributed by atoms with Crippen LogP contribution in [0.3, 0.4) is 0 Å². The molecule has 0 atom stereocenters. The zero-order valence-electron chi connectivity index (χ0n) is 5.16. The molecule has 0 bridgehead atoms. The lowest BCUT2D eigenvalue weighted by Crippen LogP contribution is -2.20. The number of allylic oxidation sites excluding steroid dienone is 1. The first kappa shape index (κ1) is 10.1. The molecule has 0 heterocycles. The van der Waals surface area contributed by atoms with Gasteiger partial charge in [-0.1, -0.05) is 41.4 Å². The van der Waals surface area contributed by atoms with Gasteiger partial charge in [0.05, 0.1) is 5.76 Å². The summed E-state index contributed by atoms with van der Waals surface area (Å²) in [6, 6.07) is 0. The van der Waals surface area contributed by atoms with Crippen LogP contribution in [0.2, 0.25) is 0 Å². The summed E-state index contributed by atoms with van der Waals surface area (Å²) in [5.74, 6) is -0.749. The molecule has 0 aromatic carbocycles. The van der Waals surface area contributed by atoms with E-state index in [9.17, 15) is 4.79 Å².